The molecule has 8 heterocycles. The molecule has 29 heteroatoms. The quantitative estimate of drug-likeness (QED) is 0.0690. The number of nitrogens with one attached hydrogen (secondary N) is 3. The summed E-state index contributed by atoms with van der Waals surface area (Å²) in [4.78, 5) is 114. The van der Waals surface area contributed by atoms with Crippen LogP contribution in [-0.2, 0) is 33.6 Å². The van der Waals surface area contributed by atoms with Crippen molar-refractivity contribution in [1.29, 1.82) is 0 Å². The fourth-order valence-corrected chi connectivity index (χ4v) is 16.4. The van der Waals surface area contributed by atoms with Crippen LogP contribution in [-0.4, -0.2) is 167 Å². The molecule has 0 unspecified atom stereocenters. The average Bonchev–Trinajstić information content (AvgIpc) is 2.33. The summed E-state index contributed by atoms with van der Waals surface area (Å²) in [6, 6.07) is 15.6. The van der Waals surface area contributed by atoms with E-state index in [1.165, 1.54) is 50.0 Å². The molecule has 0 aliphatic carbocycles. The van der Waals surface area contributed by atoms with Crippen LogP contribution in [0.15, 0.2) is 81.8 Å². The first-order valence-corrected chi connectivity index (χ1v) is 29.2. The highest BCUT2D eigenvalue weighted by Crippen LogP contribution is 2.53. The fourth-order valence-electron chi connectivity index (χ4n) is 10.8. The Bertz CT molecular complexity index is 3490. The lowest BCUT2D eigenvalue weighted by Gasteiger charge is -2.43. The van der Waals surface area contributed by atoms with Crippen molar-refractivity contribution in [3.63, 3.8) is 0 Å². The van der Waals surface area contributed by atoms with E-state index >= 15 is 0 Å². The van der Waals surface area contributed by atoms with Crippen molar-refractivity contribution in [3.05, 3.63) is 111 Å². The lowest BCUT2D eigenvalue weighted by Crippen LogP contribution is -2.70. The van der Waals surface area contributed by atoms with Gasteiger partial charge in [0.25, 0.3) is 17.7 Å². The predicted octanol–water partition coefficient (Wildman–Crippen LogP) is 6.45. The minimum atomic E-state index is -1.07. The summed E-state index contributed by atoms with van der Waals surface area (Å²) in [6.45, 7) is 13.6. The summed E-state index contributed by atoms with van der Waals surface area (Å²) in [5.41, 5.74) is 1.67. The monoisotopic (exact) mass is 1250 g/mol. The molecule has 6 saturated heterocycles. The van der Waals surface area contributed by atoms with Crippen LogP contribution < -0.4 is 20.7 Å². The van der Waals surface area contributed by atoms with Crippen molar-refractivity contribution < 1.29 is 72.3 Å². The maximum absolute atomic E-state index is 13.1. The Morgan fingerprint density at radius 1 is 0.554 bits per heavy atom. The largest absolute Gasteiger partial charge is 0.484 e. The Morgan fingerprint density at radius 3 is 1.35 bits per heavy atom. The number of fused-ring (bicyclic) bond motifs is 3. The first-order chi connectivity index (χ1) is 39.0. The number of para-hydroxylation sites is 1. The summed E-state index contributed by atoms with van der Waals surface area (Å²) in [6.07, 6.45) is 0. The van der Waals surface area contributed by atoms with Gasteiger partial charge in [0.1, 0.15) is 92.2 Å². The number of carboxylic acid groups (broad SMARTS) is 3. The second-order valence-electron chi connectivity index (χ2n) is 21.3. The second-order valence-corrected chi connectivity index (χ2v) is 27.9. The maximum atomic E-state index is 13.1. The fraction of sp³-hybridized carbons (Fsp3) is 0.389. The van der Waals surface area contributed by atoms with Gasteiger partial charge in [-0.3, -0.25) is 28.8 Å². The third kappa shape index (κ3) is 11.1. The van der Waals surface area contributed by atoms with Crippen LogP contribution in [0.4, 0.5) is 0 Å². The van der Waals surface area contributed by atoms with E-state index in [2.05, 4.69) is 26.3 Å². The smallest absolute Gasteiger partial charge is 0.327 e. The van der Waals surface area contributed by atoms with E-state index in [0.717, 1.165) is 0 Å². The number of halogens is 3. The Balaban J connectivity index is 0.000000151. The Morgan fingerprint density at radius 2 is 0.928 bits per heavy atom. The Hall–Kier alpha value is -6.97. The van der Waals surface area contributed by atoms with Crippen LogP contribution in [0.25, 0.3) is 22.5 Å². The van der Waals surface area contributed by atoms with E-state index in [-0.39, 0.29) is 46.2 Å². The topological polar surface area (TPSA) is 321 Å². The van der Waals surface area contributed by atoms with Gasteiger partial charge in [0, 0.05) is 25.4 Å². The van der Waals surface area contributed by atoms with Gasteiger partial charge in [-0.05, 0) is 85.7 Å². The van der Waals surface area contributed by atoms with Crippen LogP contribution in [0.2, 0.25) is 15.1 Å². The molecule has 438 valence electrons. The number of thioether (sulfide) groups is 3. The van der Waals surface area contributed by atoms with Crippen molar-refractivity contribution in [2.24, 2.45) is 0 Å². The van der Waals surface area contributed by atoms with Gasteiger partial charge >= 0.3 is 17.9 Å². The van der Waals surface area contributed by atoms with E-state index in [4.69, 9.17) is 48.6 Å². The molecule has 11 rings (SSSR count). The zero-order chi connectivity index (χ0) is 60.5. The van der Waals surface area contributed by atoms with Crippen LogP contribution in [0.5, 0.6) is 5.75 Å². The zero-order valence-corrected chi connectivity index (χ0v) is 49.9. The molecule has 0 bridgehead atoms. The number of hydrogen-bond donors (Lipinski definition) is 6. The second kappa shape index (κ2) is 22.9. The number of aromatic nitrogens is 2. The molecule has 2 aromatic heterocycles. The normalized spacial score (nSPS) is 25.3. The molecule has 83 heavy (non-hydrogen) atoms. The lowest BCUT2D eigenvalue weighted by molar-refractivity contribution is -0.161. The Kier molecular flexibility index (Phi) is 16.7. The van der Waals surface area contributed by atoms with Crippen LogP contribution >= 0.6 is 70.1 Å². The molecule has 6 aliphatic heterocycles. The van der Waals surface area contributed by atoms with Crippen LogP contribution in [0, 0.1) is 13.8 Å². The van der Waals surface area contributed by atoms with Gasteiger partial charge in [-0.1, -0.05) is 87.6 Å². The number of aliphatic carboxylic acids is 3. The number of benzene rings is 3. The standard InChI is InChI=1S/C19H17Cl2N3O5S.C19H18ClN3O5S.C16H18N2O5S/c1-7-10(12(23-29-7)11-8(20)5-4-6-9(11)21)15(25)22-13-16(26)24-14(18(27)28)19(2,3)30-17(13)24;1-8-11(12(22-28-8)9-6-4-5-7-10(9)20)15(24)21-13-16(25)23-14(18(26)27)19(2,3)29-17(13)23;1-16(2)12(15(21)22)18-13(20)11(14(18)24-16)17-10(19)8-23-9-6-4-3-5-7-9/h4-6,13-14,17H,1-3H3,(H,22,25)(H,27,28);4-7,13-14,17H,1-3H3,(H,21,24)(H,26,27);3-7,11-12,14H,8H2,1-2H3,(H,17,19)(H,21,22)/t2*13-,14+,17-;11-,12+,14-/m111/s1. The van der Waals surface area contributed by atoms with Gasteiger partial charge in [0.05, 0.1) is 15.1 Å². The maximum Gasteiger partial charge on any atom is 0.327 e. The van der Waals surface area contributed by atoms with Crippen LogP contribution in [0.1, 0.15) is 73.8 Å². The number of hydrogen-bond acceptors (Lipinski definition) is 17. The molecule has 6 fully saturated rings. The van der Waals surface area contributed by atoms with Gasteiger partial charge in [0.2, 0.25) is 17.7 Å². The molecular formula is C54H53Cl3N8O15S3. The summed E-state index contributed by atoms with van der Waals surface area (Å²) >= 11 is 22.8. The molecule has 0 saturated carbocycles. The Labute approximate surface area is 501 Å². The molecular weight excluding hydrogens is 1200 g/mol. The number of ether oxygens (including phenoxy) is 1. The minimum absolute atomic E-state index is 0.119. The average molecular weight is 1260 g/mol. The molecule has 6 amide bonds. The summed E-state index contributed by atoms with van der Waals surface area (Å²) in [5.74, 6) is -4.77. The van der Waals surface area contributed by atoms with E-state index < -0.39 is 109 Å². The first-order valence-electron chi connectivity index (χ1n) is 25.4. The minimum Gasteiger partial charge on any atom is -0.484 e. The van der Waals surface area contributed by atoms with Crippen molar-refractivity contribution in [2.75, 3.05) is 6.61 Å². The van der Waals surface area contributed by atoms with Crippen molar-refractivity contribution >= 4 is 123 Å². The van der Waals surface area contributed by atoms with Crippen molar-refractivity contribution in [3.8, 4) is 28.3 Å². The number of nitrogens with zero attached hydrogens (tertiary/aromatic N) is 5. The van der Waals surface area contributed by atoms with Gasteiger partial charge in [-0.15, -0.1) is 35.3 Å². The number of carboxylic acids is 3. The van der Waals surface area contributed by atoms with Gasteiger partial charge in [0.15, 0.2) is 6.61 Å². The highest BCUT2D eigenvalue weighted by molar-refractivity contribution is 8.02. The molecule has 23 nitrogen and oxygen atoms in total. The highest BCUT2D eigenvalue weighted by Gasteiger charge is 2.66. The highest BCUT2D eigenvalue weighted by atomic mass is 35.5. The number of aryl methyl sites for hydroxylation is 2. The van der Waals surface area contributed by atoms with Gasteiger partial charge < -0.3 is 59.8 Å². The summed E-state index contributed by atoms with van der Waals surface area (Å²) in [5, 5.41) is 44.1. The summed E-state index contributed by atoms with van der Waals surface area (Å²) < 4.78 is 13.8. The van der Waals surface area contributed by atoms with E-state index in [1.807, 2.05) is 6.07 Å². The molecule has 5 aromatic rings. The van der Waals surface area contributed by atoms with Gasteiger partial charge in [-0.2, -0.15) is 0 Å². The molecule has 0 spiro atoms. The third-order valence-electron chi connectivity index (χ3n) is 14.5. The van der Waals surface area contributed by atoms with Crippen molar-refractivity contribution in [1.82, 2.24) is 41.0 Å². The number of β-lactam (4-membered cyclic amide) rings is 3. The van der Waals surface area contributed by atoms with Crippen molar-refractivity contribution in [2.45, 2.75) is 122 Å². The molecule has 6 aliphatic rings. The summed E-state index contributed by atoms with van der Waals surface area (Å²) in [7, 11) is 0. The predicted molar refractivity (Wildman–Crippen MR) is 306 cm³/mol. The lowest BCUT2D eigenvalue weighted by atomic mass is 9.95. The van der Waals surface area contributed by atoms with Gasteiger partial charge in [-0.25, -0.2) is 14.4 Å². The van der Waals surface area contributed by atoms with E-state index in [1.54, 1.807) is 122 Å². The number of carbonyl (C=O) groups excluding carboxylic acids is 6. The molecule has 6 N–H and O–H groups in total. The van der Waals surface area contributed by atoms with E-state index in [9.17, 15) is 58.5 Å². The molecule has 0 radical (unpaired) electrons. The SMILES string of the molecule is CC1(C)S[C@@H]2[C@H](NC(=O)COc3ccccc3)C(=O)N2[C@H]1C(=O)O.Cc1onc(-c2c(Cl)cccc2Cl)c1C(=O)N[C@@H]1C(=O)N2[C@@H]1SC(C)(C)[C@@H]2C(=O)O.Cc1onc(-c2ccccc2Cl)c1C(=O)N[C@@H]1C(=O)N2[C@@H]1SC(C)(C)[C@@H]2C(=O)O. The van der Waals surface area contributed by atoms with E-state index in [0.29, 0.717) is 37.7 Å². The number of carbonyl (C=O) groups is 9. The number of rotatable bonds is 13. The molecule has 9 atom stereocenters. The first kappa shape index (κ1) is 60.6. The zero-order valence-electron chi connectivity index (χ0n) is 45.2. The number of amides is 6. The third-order valence-corrected chi connectivity index (χ3v) is 20.2. The molecule has 3 aromatic carbocycles. The van der Waals surface area contributed by atoms with Crippen LogP contribution in [0.3, 0.4) is 0 Å².